The Balaban J connectivity index is 2.15. The maximum atomic E-state index is 13.4. The molecule has 1 amide bonds. The quantitative estimate of drug-likeness (QED) is 0.578. The van der Waals surface area contributed by atoms with Gasteiger partial charge in [0.2, 0.25) is 5.91 Å². The number of morpholine rings is 1. The van der Waals surface area contributed by atoms with Crippen LogP contribution in [-0.4, -0.2) is 55.6 Å². The number of ether oxygens (including phenoxy) is 1. The van der Waals surface area contributed by atoms with E-state index in [9.17, 15) is 13.6 Å². The van der Waals surface area contributed by atoms with E-state index in [4.69, 9.17) is 4.74 Å². The van der Waals surface area contributed by atoms with Crippen molar-refractivity contribution >= 4 is 5.91 Å². The minimum absolute atomic E-state index is 0.263. The highest BCUT2D eigenvalue weighted by Gasteiger charge is 2.52. The van der Waals surface area contributed by atoms with E-state index >= 15 is 0 Å². The number of nitrogens with zero attached hydrogens (tertiary/aromatic N) is 1. The summed E-state index contributed by atoms with van der Waals surface area (Å²) in [4.78, 5) is 12.4. The largest absolute Gasteiger partial charge is 0.360 e. The Morgan fingerprint density at radius 2 is 2.36 bits per heavy atom. The number of carbonyl (C=O) groups excluding carboxylic acids is 1. The van der Waals surface area contributed by atoms with E-state index in [1.165, 1.54) is 4.90 Å². The zero-order chi connectivity index (χ0) is 10.3. The van der Waals surface area contributed by atoms with Gasteiger partial charge in [0, 0.05) is 6.54 Å². The van der Waals surface area contributed by atoms with Crippen molar-refractivity contribution in [3.05, 3.63) is 0 Å². The van der Waals surface area contributed by atoms with E-state index in [1.54, 1.807) is 7.05 Å². The van der Waals surface area contributed by atoms with Crippen LogP contribution in [0.3, 0.4) is 0 Å². The molecule has 2 aliphatic heterocycles. The molecule has 0 radical (unpaired) electrons. The number of amides is 1. The molecule has 0 saturated carbocycles. The lowest BCUT2D eigenvalue weighted by atomic mass is 9.97. The molecular formula is C8H12F2N2O2. The van der Waals surface area contributed by atoms with E-state index in [2.05, 4.69) is 5.32 Å². The van der Waals surface area contributed by atoms with Gasteiger partial charge in [0.25, 0.3) is 5.92 Å². The molecule has 2 aliphatic rings. The summed E-state index contributed by atoms with van der Waals surface area (Å²) in [7, 11) is 1.60. The molecule has 0 bridgehead atoms. The third kappa shape index (κ3) is 1.59. The Kier molecular flexibility index (Phi) is 2.19. The van der Waals surface area contributed by atoms with Crippen LogP contribution in [0.4, 0.5) is 8.78 Å². The Morgan fingerprint density at radius 1 is 1.64 bits per heavy atom. The minimum Gasteiger partial charge on any atom is -0.360 e. The number of hydrogen-bond acceptors (Lipinski definition) is 3. The maximum Gasteiger partial charge on any atom is 0.288 e. The van der Waals surface area contributed by atoms with Crippen LogP contribution in [0, 0.1) is 0 Å². The molecule has 0 aromatic carbocycles. The van der Waals surface area contributed by atoms with Crippen molar-refractivity contribution in [2.75, 3.05) is 26.7 Å². The Morgan fingerprint density at radius 3 is 3.07 bits per heavy atom. The summed E-state index contributed by atoms with van der Waals surface area (Å²) in [6.07, 6.45) is -1.17. The molecule has 2 rings (SSSR count). The SMILES string of the molecule is CN1CC2NC(=O)COC2C(F)(F)C1. The third-order valence-electron chi connectivity index (χ3n) is 2.51. The molecule has 2 saturated heterocycles. The number of rotatable bonds is 0. The summed E-state index contributed by atoms with van der Waals surface area (Å²) in [5.74, 6) is -3.21. The molecule has 1 N–H and O–H groups in total. The van der Waals surface area contributed by atoms with Crippen LogP contribution in [0.2, 0.25) is 0 Å². The zero-order valence-electron chi connectivity index (χ0n) is 7.80. The standard InChI is InChI=1S/C8H12F2N2O2/c1-12-2-5-7(8(9,10)4-12)14-3-6(13)11-5/h5,7H,2-4H2,1H3,(H,11,13). The summed E-state index contributed by atoms with van der Waals surface area (Å²) in [5, 5.41) is 2.52. The number of alkyl halides is 2. The minimum atomic E-state index is -2.88. The van der Waals surface area contributed by atoms with Gasteiger partial charge in [-0.1, -0.05) is 0 Å². The number of halogens is 2. The van der Waals surface area contributed by atoms with Crippen molar-refractivity contribution in [2.45, 2.75) is 18.1 Å². The van der Waals surface area contributed by atoms with Crippen LogP contribution >= 0.6 is 0 Å². The number of piperidine rings is 1. The topological polar surface area (TPSA) is 41.6 Å². The van der Waals surface area contributed by atoms with E-state index in [-0.39, 0.29) is 19.1 Å². The number of nitrogens with one attached hydrogen (secondary N) is 1. The molecule has 2 heterocycles. The first-order valence-corrected chi connectivity index (χ1v) is 4.46. The lowest BCUT2D eigenvalue weighted by Gasteiger charge is -2.44. The van der Waals surface area contributed by atoms with E-state index in [0.717, 1.165) is 0 Å². The van der Waals surface area contributed by atoms with Crippen LogP contribution in [-0.2, 0) is 9.53 Å². The lowest BCUT2D eigenvalue weighted by molar-refractivity contribution is -0.197. The maximum absolute atomic E-state index is 13.4. The zero-order valence-corrected chi connectivity index (χ0v) is 7.80. The van der Waals surface area contributed by atoms with Crippen molar-refractivity contribution in [1.29, 1.82) is 0 Å². The van der Waals surface area contributed by atoms with Gasteiger partial charge >= 0.3 is 0 Å². The number of carbonyl (C=O) groups is 1. The van der Waals surface area contributed by atoms with Gasteiger partial charge in [0.05, 0.1) is 12.6 Å². The Labute approximate surface area is 80.2 Å². The Bertz CT molecular complexity index is 260. The van der Waals surface area contributed by atoms with Crippen molar-refractivity contribution in [3.8, 4) is 0 Å². The lowest BCUT2D eigenvalue weighted by Crippen LogP contribution is -2.67. The van der Waals surface area contributed by atoms with Crippen LogP contribution in [0.5, 0.6) is 0 Å². The highest BCUT2D eigenvalue weighted by Crippen LogP contribution is 2.30. The number of likely N-dealkylation sites (tertiary alicyclic amines) is 1. The molecule has 0 aromatic heterocycles. The summed E-state index contributed by atoms with van der Waals surface area (Å²) in [6, 6.07) is -0.593. The number of fused-ring (bicyclic) bond motifs is 1. The summed E-state index contributed by atoms with van der Waals surface area (Å²) in [5.41, 5.74) is 0. The molecule has 2 atom stereocenters. The van der Waals surface area contributed by atoms with Gasteiger partial charge in [0.1, 0.15) is 12.7 Å². The van der Waals surface area contributed by atoms with E-state index in [1.807, 2.05) is 0 Å². The first-order valence-electron chi connectivity index (χ1n) is 4.46. The second kappa shape index (κ2) is 3.13. The molecule has 2 unspecified atom stereocenters. The van der Waals surface area contributed by atoms with Crippen LogP contribution in [0.25, 0.3) is 0 Å². The first-order chi connectivity index (χ1) is 6.49. The molecule has 2 fully saturated rings. The van der Waals surface area contributed by atoms with Gasteiger partial charge in [-0.25, -0.2) is 8.78 Å². The smallest absolute Gasteiger partial charge is 0.288 e. The summed E-state index contributed by atoms with van der Waals surface area (Å²) >= 11 is 0. The monoisotopic (exact) mass is 206 g/mol. The van der Waals surface area contributed by atoms with Crippen LogP contribution < -0.4 is 5.32 Å². The predicted octanol–water partition coefficient (Wildman–Crippen LogP) is -0.549. The highest BCUT2D eigenvalue weighted by molar-refractivity contribution is 5.78. The molecule has 4 nitrogen and oxygen atoms in total. The fourth-order valence-electron chi connectivity index (χ4n) is 2.01. The fourth-order valence-corrected chi connectivity index (χ4v) is 2.01. The first kappa shape index (κ1) is 9.79. The highest BCUT2D eigenvalue weighted by atomic mass is 19.3. The van der Waals surface area contributed by atoms with Gasteiger partial charge in [-0.15, -0.1) is 0 Å². The van der Waals surface area contributed by atoms with E-state index in [0.29, 0.717) is 6.54 Å². The third-order valence-corrected chi connectivity index (χ3v) is 2.51. The van der Waals surface area contributed by atoms with Gasteiger partial charge in [0.15, 0.2) is 0 Å². The fraction of sp³-hybridized carbons (Fsp3) is 0.875. The predicted molar refractivity (Wildman–Crippen MR) is 44.1 cm³/mol. The average molecular weight is 206 g/mol. The van der Waals surface area contributed by atoms with Crippen LogP contribution in [0.15, 0.2) is 0 Å². The molecule has 14 heavy (non-hydrogen) atoms. The van der Waals surface area contributed by atoms with Gasteiger partial charge in [-0.05, 0) is 7.05 Å². The molecule has 0 aliphatic carbocycles. The molecule has 0 spiro atoms. The second-order valence-electron chi connectivity index (χ2n) is 3.86. The van der Waals surface area contributed by atoms with Crippen molar-refractivity contribution in [3.63, 3.8) is 0 Å². The Hall–Kier alpha value is -0.750. The average Bonchev–Trinajstić information content (AvgIpc) is 2.00. The van der Waals surface area contributed by atoms with E-state index < -0.39 is 18.1 Å². The number of likely N-dealkylation sites (N-methyl/N-ethyl adjacent to an activating group) is 1. The number of hydrogen-bond donors (Lipinski definition) is 1. The molecule has 6 heteroatoms. The van der Waals surface area contributed by atoms with Gasteiger partial charge < -0.3 is 10.1 Å². The second-order valence-corrected chi connectivity index (χ2v) is 3.86. The molecular weight excluding hydrogens is 194 g/mol. The van der Waals surface area contributed by atoms with Crippen LogP contribution in [0.1, 0.15) is 0 Å². The summed E-state index contributed by atoms with van der Waals surface area (Å²) < 4.78 is 31.7. The molecule has 0 aromatic rings. The van der Waals surface area contributed by atoms with Gasteiger partial charge in [-0.3, -0.25) is 9.69 Å². The molecule has 80 valence electrons. The normalized spacial score (nSPS) is 37.5. The van der Waals surface area contributed by atoms with Crippen molar-refractivity contribution < 1.29 is 18.3 Å². The van der Waals surface area contributed by atoms with Crippen molar-refractivity contribution in [2.24, 2.45) is 0 Å². The summed E-state index contributed by atoms with van der Waals surface area (Å²) in [6.45, 7) is -0.170. The van der Waals surface area contributed by atoms with Crippen molar-refractivity contribution in [1.82, 2.24) is 10.2 Å². The van der Waals surface area contributed by atoms with Gasteiger partial charge in [-0.2, -0.15) is 0 Å².